The van der Waals surface area contributed by atoms with Crippen molar-refractivity contribution in [3.8, 4) is 11.3 Å². The number of rotatable bonds is 5. The molecule has 3 aromatic rings. The van der Waals surface area contributed by atoms with Crippen molar-refractivity contribution in [3.63, 3.8) is 0 Å². The third-order valence-electron chi connectivity index (χ3n) is 5.46. The van der Waals surface area contributed by atoms with E-state index < -0.39 is 11.5 Å². The van der Waals surface area contributed by atoms with E-state index in [0.717, 1.165) is 17.7 Å². The fourth-order valence-electron chi connectivity index (χ4n) is 3.93. The van der Waals surface area contributed by atoms with Crippen LogP contribution in [-0.4, -0.2) is 37.3 Å². The average Bonchev–Trinajstić information content (AvgIpc) is 2.93. The molecule has 1 amide bonds. The van der Waals surface area contributed by atoms with Gasteiger partial charge in [-0.25, -0.2) is 4.98 Å². The third kappa shape index (κ3) is 3.13. The molecule has 1 aliphatic rings. The van der Waals surface area contributed by atoms with Crippen molar-refractivity contribution >= 4 is 22.9 Å². The fourth-order valence-corrected chi connectivity index (χ4v) is 3.93. The molecule has 7 nitrogen and oxygen atoms in total. The Kier molecular flexibility index (Phi) is 4.37. The summed E-state index contributed by atoms with van der Waals surface area (Å²) in [6.45, 7) is 1.85. The first-order valence-electron chi connectivity index (χ1n) is 9.33. The van der Waals surface area contributed by atoms with Gasteiger partial charge in [0.2, 0.25) is 0 Å². The highest BCUT2D eigenvalue weighted by molar-refractivity contribution is 6.08. The summed E-state index contributed by atoms with van der Waals surface area (Å²) in [6, 6.07) is 11.4. The van der Waals surface area contributed by atoms with Crippen LogP contribution in [0.2, 0.25) is 0 Å². The second-order valence-corrected chi connectivity index (χ2v) is 7.49. The summed E-state index contributed by atoms with van der Waals surface area (Å²) in [5, 5.41) is 17.4. The first-order chi connectivity index (χ1) is 13.4. The van der Waals surface area contributed by atoms with Gasteiger partial charge < -0.3 is 10.4 Å². The Bertz CT molecular complexity index is 1070. The van der Waals surface area contributed by atoms with E-state index in [2.05, 4.69) is 10.4 Å². The Balaban J connectivity index is 1.81. The van der Waals surface area contributed by atoms with Crippen molar-refractivity contribution < 1.29 is 14.7 Å². The Morgan fingerprint density at radius 3 is 2.57 bits per heavy atom. The van der Waals surface area contributed by atoms with E-state index in [9.17, 15) is 14.7 Å². The lowest BCUT2D eigenvalue weighted by Gasteiger charge is -2.41. The van der Waals surface area contributed by atoms with Gasteiger partial charge in [0.25, 0.3) is 5.91 Å². The van der Waals surface area contributed by atoms with E-state index in [1.54, 1.807) is 17.8 Å². The lowest BCUT2D eigenvalue weighted by atomic mass is 9.74. The van der Waals surface area contributed by atoms with Crippen LogP contribution in [0.1, 0.15) is 41.7 Å². The maximum absolute atomic E-state index is 13.2. The SMILES string of the molecule is Cc1nn(C)c2nc(-c3ccccc3)cc(C(=O)NC3(CC(=O)O)CCC3)c12. The van der Waals surface area contributed by atoms with Crippen LogP contribution in [-0.2, 0) is 11.8 Å². The van der Waals surface area contributed by atoms with Crippen LogP contribution in [0.4, 0.5) is 0 Å². The minimum atomic E-state index is -0.901. The molecular formula is C21H22N4O3. The Morgan fingerprint density at radius 2 is 1.96 bits per heavy atom. The summed E-state index contributed by atoms with van der Waals surface area (Å²) in [7, 11) is 1.80. The predicted molar refractivity (Wildman–Crippen MR) is 105 cm³/mol. The van der Waals surface area contributed by atoms with Gasteiger partial charge in [-0.2, -0.15) is 5.10 Å². The highest BCUT2D eigenvalue weighted by atomic mass is 16.4. The van der Waals surface area contributed by atoms with Crippen LogP contribution in [0.25, 0.3) is 22.3 Å². The third-order valence-corrected chi connectivity index (χ3v) is 5.46. The molecule has 2 aromatic heterocycles. The maximum atomic E-state index is 13.2. The normalized spacial score (nSPS) is 15.2. The number of aryl methyl sites for hydroxylation is 2. The zero-order chi connectivity index (χ0) is 19.9. The number of carbonyl (C=O) groups excluding carboxylic acids is 1. The smallest absolute Gasteiger partial charge is 0.305 e. The van der Waals surface area contributed by atoms with Crippen LogP contribution >= 0.6 is 0 Å². The minimum absolute atomic E-state index is 0.0649. The van der Waals surface area contributed by atoms with Crippen molar-refractivity contribution in [2.45, 2.75) is 38.1 Å². The zero-order valence-electron chi connectivity index (χ0n) is 15.9. The molecule has 0 radical (unpaired) electrons. The lowest BCUT2D eigenvalue weighted by molar-refractivity contribution is -0.139. The van der Waals surface area contributed by atoms with Crippen molar-refractivity contribution in [3.05, 3.63) is 47.7 Å². The largest absolute Gasteiger partial charge is 0.481 e. The van der Waals surface area contributed by atoms with Crippen molar-refractivity contribution in [2.75, 3.05) is 0 Å². The van der Waals surface area contributed by atoms with Gasteiger partial charge >= 0.3 is 5.97 Å². The second-order valence-electron chi connectivity index (χ2n) is 7.49. The number of benzene rings is 1. The van der Waals surface area contributed by atoms with Crippen LogP contribution in [0, 0.1) is 6.92 Å². The topological polar surface area (TPSA) is 97.1 Å². The fraction of sp³-hybridized carbons (Fsp3) is 0.333. The lowest BCUT2D eigenvalue weighted by Crippen LogP contribution is -2.54. The molecule has 4 rings (SSSR count). The van der Waals surface area contributed by atoms with E-state index in [1.165, 1.54) is 0 Å². The summed E-state index contributed by atoms with van der Waals surface area (Å²) in [4.78, 5) is 29.2. The molecule has 0 unspecified atom stereocenters. The Hall–Kier alpha value is -3.22. The molecule has 144 valence electrons. The molecule has 0 saturated heterocycles. The zero-order valence-corrected chi connectivity index (χ0v) is 15.9. The molecule has 7 heteroatoms. The number of fused-ring (bicyclic) bond motifs is 1. The van der Waals surface area contributed by atoms with Gasteiger partial charge in [-0.1, -0.05) is 30.3 Å². The van der Waals surface area contributed by atoms with E-state index in [1.807, 2.05) is 37.3 Å². The van der Waals surface area contributed by atoms with E-state index >= 15 is 0 Å². The molecule has 1 aliphatic carbocycles. The van der Waals surface area contributed by atoms with Gasteiger partial charge in [0.1, 0.15) is 0 Å². The van der Waals surface area contributed by atoms with Crippen molar-refractivity contribution in [1.82, 2.24) is 20.1 Å². The van der Waals surface area contributed by atoms with E-state index in [0.29, 0.717) is 35.1 Å². The van der Waals surface area contributed by atoms with Gasteiger partial charge in [0.05, 0.1) is 34.3 Å². The highest BCUT2D eigenvalue weighted by Gasteiger charge is 2.41. The monoisotopic (exact) mass is 378 g/mol. The number of amides is 1. The molecule has 0 aliphatic heterocycles. The quantitative estimate of drug-likeness (QED) is 0.711. The standard InChI is InChI=1S/C21H22N4O3/c1-13-18-15(20(28)23-21(9-6-10-21)12-17(26)27)11-16(14-7-4-3-5-8-14)22-19(18)25(2)24-13/h3-5,7-8,11H,6,9-10,12H2,1-2H3,(H,23,28)(H,26,27). The number of hydrogen-bond donors (Lipinski definition) is 2. The summed E-state index contributed by atoms with van der Waals surface area (Å²) in [6.07, 6.45) is 2.21. The summed E-state index contributed by atoms with van der Waals surface area (Å²) in [5.74, 6) is -1.18. The van der Waals surface area contributed by atoms with Crippen LogP contribution in [0.5, 0.6) is 0 Å². The molecule has 1 fully saturated rings. The predicted octanol–water partition coefficient (Wildman–Crippen LogP) is 3.07. The van der Waals surface area contributed by atoms with Gasteiger partial charge in [0, 0.05) is 12.6 Å². The highest BCUT2D eigenvalue weighted by Crippen LogP contribution is 2.36. The summed E-state index contributed by atoms with van der Waals surface area (Å²) >= 11 is 0. The van der Waals surface area contributed by atoms with Crippen LogP contribution in [0.3, 0.4) is 0 Å². The molecule has 28 heavy (non-hydrogen) atoms. The van der Waals surface area contributed by atoms with Gasteiger partial charge in [-0.15, -0.1) is 0 Å². The number of carboxylic acids is 1. The molecule has 2 heterocycles. The number of carbonyl (C=O) groups is 2. The Labute approximate surface area is 162 Å². The average molecular weight is 378 g/mol. The number of carboxylic acid groups (broad SMARTS) is 1. The molecule has 0 bridgehead atoms. The van der Waals surface area contributed by atoms with Crippen molar-refractivity contribution in [2.24, 2.45) is 7.05 Å². The summed E-state index contributed by atoms with van der Waals surface area (Å²) in [5.41, 5.74) is 2.75. The number of aliphatic carboxylic acids is 1. The van der Waals surface area contributed by atoms with E-state index in [-0.39, 0.29) is 12.3 Å². The minimum Gasteiger partial charge on any atom is -0.481 e. The van der Waals surface area contributed by atoms with Crippen LogP contribution in [0.15, 0.2) is 36.4 Å². The number of nitrogens with one attached hydrogen (secondary N) is 1. The van der Waals surface area contributed by atoms with Crippen molar-refractivity contribution in [1.29, 1.82) is 0 Å². The van der Waals surface area contributed by atoms with Gasteiger partial charge in [-0.3, -0.25) is 14.3 Å². The molecule has 2 N–H and O–H groups in total. The molecule has 1 aromatic carbocycles. The summed E-state index contributed by atoms with van der Waals surface area (Å²) < 4.78 is 1.67. The number of aromatic nitrogens is 3. The second kappa shape index (κ2) is 6.74. The van der Waals surface area contributed by atoms with Crippen LogP contribution < -0.4 is 5.32 Å². The first kappa shape index (κ1) is 18.2. The number of pyridine rings is 1. The van der Waals surface area contributed by atoms with E-state index in [4.69, 9.17) is 4.98 Å². The first-order valence-corrected chi connectivity index (χ1v) is 9.33. The van der Waals surface area contributed by atoms with Gasteiger partial charge in [0.15, 0.2) is 5.65 Å². The molecule has 0 atom stereocenters. The number of nitrogens with zero attached hydrogens (tertiary/aromatic N) is 3. The molecular weight excluding hydrogens is 356 g/mol. The molecule has 1 saturated carbocycles. The molecule has 0 spiro atoms. The number of hydrogen-bond acceptors (Lipinski definition) is 4. The maximum Gasteiger partial charge on any atom is 0.305 e. The Morgan fingerprint density at radius 1 is 1.25 bits per heavy atom. The van der Waals surface area contributed by atoms with Gasteiger partial charge in [-0.05, 0) is 32.3 Å².